The molecule has 0 spiro atoms. The third kappa shape index (κ3) is 3.77. The summed E-state index contributed by atoms with van der Waals surface area (Å²) in [7, 11) is 1.54. The Morgan fingerprint density at radius 3 is 2.52 bits per heavy atom. The van der Waals surface area contributed by atoms with E-state index in [1.54, 1.807) is 7.11 Å². The van der Waals surface area contributed by atoms with Gasteiger partial charge in [0.15, 0.2) is 0 Å². The van der Waals surface area contributed by atoms with Crippen molar-refractivity contribution in [1.82, 2.24) is 5.32 Å². The Morgan fingerprint density at radius 2 is 1.87 bits per heavy atom. The first-order valence-corrected chi connectivity index (χ1v) is 12.8. The zero-order chi connectivity index (χ0) is 22.6. The van der Waals surface area contributed by atoms with E-state index < -0.39 is 0 Å². The number of fused-ring (bicyclic) bond motifs is 5. The molecule has 0 aromatic heterocycles. The van der Waals surface area contributed by atoms with E-state index in [0.717, 1.165) is 32.1 Å². The number of rotatable bonds is 5. The van der Waals surface area contributed by atoms with Gasteiger partial charge in [-0.25, -0.2) is 0 Å². The number of carbonyl (C=O) groups excluding carboxylic acids is 1. The standard InChI is InChI=1S/C26H45NO4/c1-7-31-22-14-25(4)16(12-21(22)28)8-9-17-18-10-11-19(24(29)30-6)26(18,5)13-20(23(17)25)27-15(2)3/h15-23,27-28H,7-14H2,1-6H3/t16-,17-,18-,19+,20+,21-,22-,23+,25-,26-/m0/s1. The molecule has 4 rings (SSSR count). The van der Waals surface area contributed by atoms with E-state index in [0.29, 0.717) is 42.4 Å². The van der Waals surface area contributed by atoms with Crippen LogP contribution < -0.4 is 5.32 Å². The van der Waals surface area contributed by atoms with Gasteiger partial charge >= 0.3 is 5.97 Å². The maximum absolute atomic E-state index is 12.7. The van der Waals surface area contributed by atoms with Crippen LogP contribution >= 0.6 is 0 Å². The molecule has 10 atom stereocenters. The number of aliphatic hydroxyl groups excluding tert-OH is 1. The molecule has 5 nitrogen and oxygen atoms in total. The molecule has 0 heterocycles. The minimum Gasteiger partial charge on any atom is -0.469 e. The third-order valence-electron chi connectivity index (χ3n) is 10.0. The lowest BCUT2D eigenvalue weighted by Crippen LogP contribution is -2.64. The van der Waals surface area contributed by atoms with Crippen LogP contribution in [0.25, 0.3) is 0 Å². The lowest BCUT2D eigenvalue weighted by Gasteiger charge is -2.64. The molecule has 4 aliphatic rings. The van der Waals surface area contributed by atoms with Crippen molar-refractivity contribution in [2.24, 2.45) is 40.4 Å². The average Bonchev–Trinajstić information content (AvgIpc) is 3.04. The summed E-state index contributed by atoms with van der Waals surface area (Å²) in [5.74, 6) is 2.35. The van der Waals surface area contributed by atoms with Crippen molar-refractivity contribution < 1.29 is 19.4 Å². The van der Waals surface area contributed by atoms with Crippen molar-refractivity contribution in [3.63, 3.8) is 0 Å². The number of aliphatic hydroxyl groups is 1. The topological polar surface area (TPSA) is 67.8 Å². The zero-order valence-corrected chi connectivity index (χ0v) is 20.5. The Hall–Kier alpha value is -0.650. The molecule has 31 heavy (non-hydrogen) atoms. The highest BCUT2D eigenvalue weighted by molar-refractivity contribution is 5.74. The minimum absolute atomic E-state index is 0.0103. The summed E-state index contributed by atoms with van der Waals surface area (Å²) in [5, 5.41) is 14.7. The highest BCUT2D eigenvalue weighted by atomic mass is 16.5. The monoisotopic (exact) mass is 435 g/mol. The predicted octanol–water partition coefficient (Wildman–Crippen LogP) is 4.17. The van der Waals surface area contributed by atoms with Crippen molar-refractivity contribution in [2.45, 2.75) is 104 Å². The van der Waals surface area contributed by atoms with E-state index in [-0.39, 0.29) is 34.9 Å². The van der Waals surface area contributed by atoms with Gasteiger partial charge in [-0.05, 0) is 86.4 Å². The molecule has 0 aromatic rings. The molecule has 4 aliphatic carbocycles. The zero-order valence-electron chi connectivity index (χ0n) is 20.5. The molecule has 4 fully saturated rings. The fraction of sp³-hybridized carbons (Fsp3) is 0.962. The summed E-state index contributed by atoms with van der Waals surface area (Å²) >= 11 is 0. The fourth-order valence-corrected chi connectivity index (χ4v) is 8.94. The number of hydrogen-bond acceptors (Lipinski definition) is 5. The molecule has 0 aromatic carbocycles. The molecule has 0 unspecified atom stereocenters. The first kappa shape index (κ1) is 23.5. The highest BCUT2D eigenvalue weighted by Crippen LogP contribution is 2.67. The molecular formula is C26H45NO4. The molecular weight excluding hydrogens is 390 g/mol. The second kappa shape index (κ2) is 8.61. The Bertz CT molecular complexity index is 668. The lowest BCUT2D eigenvalue weighted by atomic mass is 9.43. The van der Waals surface area contributed by atoms with Gasteiger partial charge in [0, 0.05) is 18.7 Å². The van der Waals surface area contributed by atoms with Crippen molar-refractivity contribution in [3.05, 3.63) is 0 Å². The van der Waals surface area contributed by atoms with Crippen LogP contribution in [-0.2, 0) is 14.3 Å². The van der Waals surface area contributed by atoms with Gasteiger partial charge in [-0.15, -0.1) is 0 Å². The number of esters is 1. The van der Waals surface area contributed by atoms with Crippen molar-refractivity contribution in [1.29, 1.82) is 0 Å². The number of methoxy groups -OCH3 is 1. The molecule has 5 heteroatoms. The Labute approximate surface area is 189 Å². The van der Waals surface area contributed by atoms with Crippen LogP contribution in [-0.4, -0.2) is 49.1 Å². The van der Waals surface area contributed by atoms with Gasteiger partial charge in [0.25, 0.3) is 0 Å². The largest absolute Gasteiger partial charge is 0.469 e. The summed E-state index contributed by atoms with van der Waals surface area (Å²) in [4.78, 5) is 12.7. The van der Waals surface area contributed by atoms with E-state index in [1.165, 1.54) is 12.8 Å². The van der Waals surface area contributed by atoms with Crippen LogP contribution in [0.15, 0.2) is 0 Å². The number of nitrogens with one attached hydrogen (secondary N) is 1. The first-order chi connectivity index (χ1) is 14.7. The number of carbonyl (C=O) groups is 1. The van der Waals surface area contributed by atoms with Gasteiger partial charge < -0.3 is 19.9 Å². The summed E-state index contributed by atoms with van der Waals surface area (Å²) in [6.07, 6.45) is 6.99. The van der Waals surface area contributed by atoms with E-state index in [9.17, 15) is 9.90 Å². The van der Waals surface area contributed by atoms with Crippen LogP contribution in [0.5, 0.6) is 0 Å². The summed E-state index contributed by atoms with van der Waals surface area (Å²) in [6.45, 7) is 12.0. The molecule has 4 saturated carbocycles. The van der Waals surface area contributed by atoms with E-state index in [2.05, 4.69) is 33.0 Å². The molecule has 0 amide bonds. The molecule has 0 radical (unpaired) electrons. The van der Waals surface area contributed by atoms with E-state index in [4.69, 9.17) is 9.47 Å². The van der Waals surface area contributed by atoms with Gasteiger partial charge in [0.1, 0.15) is 0 Å². The van der Waals surface area contributed by atoms with Crippen molar-refractivity contribution >= 4 is 5.97 Å². The summed E-state index contributed by atoms with van der Waals surface area (Å²) < 4.78 is 11.3. The van der Waals surface area contributed by atoms with Gasteiger partial charge in [0.05, 0.1) is 25.2 Å². The lowest BCUT2D eigenvalue weighted by molar-refractivity contribution is -0.183. The van der Waals surface area contributed by atoms with Crippen molar-refractivity contribution in [2.75, 3.05) is 13.7 Å². The third-order valence-corrected chi connectivity index (χ3v) is 10.0. The second-order valence-corrected chi connectivity index (χ2v) is 11.9. The number of ether oxygens (including phenoxy) is 2. The fourth-order valence-electron chi connectivity index (χ4n) is 8.94. The first-order valence-electron chi connectivity index (χ1n) is 12.8. The molecule has 178 valence electrons. The van der Waals surface area contributed by atoms with Crippen LogP contribution in [0, 0.1) is 40.4 Å². The summed E-state index contributed by atoms with van der Waals surface area (Å²) in [6, 6.07) is 0.798. The van der Waals surface area contributed by atoms with Gasteiger partial charge in [-0.1, -0.05) is 27.7 Å². The van der Waals surface area contributed by atoms with Crippen LogP contribution in [0.2, 0.25) is 0 Å². The summed E-state index contributed by atoms with van der Waals surface area (Å²) in [5.41, 5.74) is 0.177. The molecule has 0 saturated heterocycles. The minimum atomic E-state index is -0.338. The maximum Gasteiger partial charge on any atom is 0.309 e. The predicted molar refractivity (Wildman–Crippen MR) is 121 cm³/mol. The number of hydrogen-bond donors (Lipinski definition) is 2. The second-order valence-electron chi connectivity index (χ2n) is 11.9. The molecule has 0 bridgehead atoms. The van der Waals surface area contributed by atoms with E-state index >= 15 is 0 Å². The average molecular weight is 436 g/mol. The van der Waals surface area contributed by atoms with Crippen molar-refractivity contribution in [3.8, 4) is 0 Å². The van der Waals surface area contributed by atoms with Crippen LogP contribution in [0.4, 0.5) is 0 Å². The van der Waals surface area contributed by atoms with Crippen LogP contribution in [0.1, 0.15) is 79.6 Å². The maximum atomic E-state index is 12.7. The quantitative estimate of drug-likeness (QED) is 0.635. The highest BCUT2D eigenvalue weighted by Gasteiger charge is 2.65. The Balaban J connectivity index is 1.70. The molecule has 0 aliphatic heterocycles. The van der Waals surface area contributed by atoms with Gasteiger partial charge in [0.2, 0.25) is 0 Å². The van der Waals surface area contributed by atoms with Gasteiger partial charge in [-0.3, -0.25) is 4.79 Å². The van der Waals surface area contributed by atoms with Crippen LogP contribution in [0.3, 0.4) is 0 Å². The van der Waals surface area contributed by atoms with E-state index in [1.807, 2.05) is 6.92 Å². The Kier molecular flexibility index (Phi) is 6.53. The SMILES string of the molecule is CCO[C@H]1C[C@@]2(C)[C@@H](CC[C@@H]3[C@@H]2[C@H](NC(C)C)C[C@]2(C)[C@@H](C(=O)OC)CC[C@@H]32)C[C@@H]1O. The smallest absolute Gasteiger partial charge is 0.309 e. The van der Waals surface area contributed by atoms with Gasteiger partial charge in [-0.2, -0.15) is 0 Å². The Morgan fingerprint density at radius 1 is 1.13 bits per heavy atom. The molecule has 2 N–H and O–H groups in total. The normalized spacial score (nSPS) is 49.3.